The van der Waals surface area contributed by atoms with Crippen molar-refractivity contribution in [2.45, 2.75) is 25.3 Å². The lowest BCUT2D eigenvalue weighted by molar-refractivity contribution is 0.0829. The average molecular weight is 365 g/mol. The Morgan fingerprint density at radius 3 is 2.67 bits per heavy atom. The number of hydrogen-bond donors (Lipinski definition) is 0. The summed E-state index contributed by atoms with van der Waals surface area (Å²) < 4.78 is 1.83. The molecule has 0 spiro atoms. The van der Waals surface area contributed by atoms with E-state index < -0.39 is 0 Å². The number of carbonyl (C=O) groups is 1. The Hall–Kier alpha value is -2.87. The summed E-state index contributed by atoms with van der Waals surface area (Å²) in [5.41, 5.74) is 3.30. The summed E-state index contributed by atoms with van der Waals surface area (Å²) in [4.78, 5) is 29.2. The van der Waals surface area contributed by atoms with Crippen molar-refractivity contribution in [2.75, 3.05) is 27.2 Å². The monoisotopic (exact) mass is 365 g/mol. The fraction of sp³-hybridized carbons (Fsp3) is 0.421. The van der Waals surface area contributed by atoms with Gasteiger partial charge in [-0.1, -0.05) is 0 Å². The standard InChI is InChI=1S/C19H23N7O/c1-24(2)19(27)16-12-23-26-17(3-6-22-18(16)26)14-4-9-25(10-5-14)13-15-11-20-7-8-21-15/h3,6-8,11-12,14H,4-5,9-10,13H2,1-2H3. The van der Waals surface area contributed by atoms with Crippen molar-refractivity contribution in [1.29, 1.82) is 0 Å². The van der Waals surface area contributed by atoms with E-state index in [0.29, 0.717) is 17.1 Å². The van der Waals surface area contributed by atoms with E-state index in [9.17, 15) is 4.79 Å². The van der Waals surface area contributed by atoms with Crippen molar-refractivity contribution in [3.05, 3.63) is 54.0 Å². The molecule has 27 heavy (non-hydrogen) atoms. The largest absolute Gasteiger partial charge is 0.345 e. The van der Waals surface area contributed by atoms with Crippen LogP contribution in [-0.4, -0.2) is 67.5 Å². The minimum absolute atomic E-state index is 0.0755. The van der Waals surface area contributed by atoms with E-state index in [1.165, 1.54) is 0 Å². The van der Waals surface area contributed by atoms with Crippen LogP contribution < -0.4 is 0 Å². The first kappa shape index (κ1) is 17.5. The molecule has 1 saturated heterocycles. The second-order valence-electron chi connectivity index (χ2n) is 7.11. The number of aromatic nitrogens is 5. The SMILES string of the molecule is CN(C)C(=O)c1cnn2c(C3CCN(Cc4cnccn4)CC3)ccnc12. The van der Waals surface area contributed by atoms with Crippen LogP contribution in [0.25, 0.3) is 5.65 Å². The number of fused-ring (bicyclic) bond motifs is 1. The molecular weight excluding hydrogens is 342 g/mol. The molecule has 0 aromatic carbocycles. The van der Waals surface area contributed by atoms with Gasteiger partial charge >= 0.3 is 0 Å². The third-order valence-corrected chi connectivity index (χ3v) is 5.08. The Morgan fingerprint density at radius 1 is 1.15 bits per heavy atom. The van der Waals surface area contributed by atoms with Gasteiger partial charge in [0.2, 0.25) is 0 Å². The van der Waals surface area contributed by atoms with Gasteiger partial charge in [-0.05, 0) is 32.0 Å². The Balaban J connectivity index is 1.50. The molecule has 0 unspecified atom stereocenters. The first-order chi connectivity index (χ1) is 13.1. The number of likely N-dealkylation sites (tertiary alicyclic amines) is 1. The minimum atomic E-state index is -0.0755. The normalized spacial score (nSPS) is 15.9. The van der Waals surface area contributed by atoms with Crippen molar-refractivity contribution in [3.63, 3.8) is 0 Å². The molecule has 4 heterocycles. The zero-order valence-corrected chi connectivity index (χ0v) is 15.6. The highest BCUT2D eigenvalue weighted by atomic mass is 16.2. The number of piperidine rings is 1. The molecule has 0 N–H and O–H groups in total. The van der Waals surface area contributed by atoms with Gasteiger partial charge in [-0.2, -0.15) is 5.10 Å². The summed E-state index contributed by atoms with van der Waals surface area (Å²) >= 11 is 0. The van der Waals surface area contributed by atoms with Gasteiger partial charge in [0.05, 0.1) is 11.9 Å². The van der Waals surface area contributed by atoms with Crippen molar-refractivity contribution < 1.29 is 4.79 Å². The van der Waals surface area contributed by atoms with Gasteiger partial charge < -0.3 is 4.90 Å². The predicted molar refractivity (Wildman–Crippen MR) is 100 cm³/mol. The molecule has 140 valence electrons. The molecule has 3 aromatic heterocycles. The molecule has 8 nitrogen and oxygen atoms in total. The van der Waals surface area contributed by atoms with Crippen LogP contribution in [0.4, 0.5) is 0 Å². The van der Waals surface area contributed by atoms with Crippen LogP contribution in [0.3, 0.4) is 0 Å². The molecule has 0 bridgehead atoms. The molecule has 1 fully saturated rings. The van der Waals surface area contributed by atoms with E-state index in [-0.39, 0.29) is 5.91 Å². The molecule has 0 saturated carbocycles. The second-order valence-corrected chi connectivity index (χ2v) is 7.11. The molecule has 4 rings (SSSR count). The molecule has 0 atom stereocenters. The van der Waals surface area contributed by atoms with E-state index in [4.69, 9.17) is 0 Å². The molecule has 8 heteroatoms. The third kappa shape index (κ3) is 3.52. The Kier molecular flexibility index (Phi) is 4.81. The third-order valence-electron chi connectivity index (χ3n) is 5.08. The highest BCUT2D eigenvalue weighted by Gasteiger charge is 2.25. The quantitative estimate of drug-likeness (QED) is 0.699. The summed E-state index contributed by atoms with van der Waals surface area (Å²) in [6.07, 6.45) is 10.7. The smallest absolute Gasteiger partial charge is 0.258 e. The van der Waals surface area contributed by atoms with Crippen LogP contribution >= 0.6 is 0 Å². The van der Waals surface area contributed by atoms with Crippen molar-refractivity contribution in [2.24, 2.45) is 0 Å². The highest BCUT2D eigenvalue weighted by Crippen LogP contribution is 2.29. The van der Waals surface area contributed by atoms with E-state index in [1.807, 2.05) is 16.8 Å². The van der Waals surface area contributed by atoms with Crippen molar-refractivity contribution in [1.82, 2.24) is 34.4 Å². The van der Waals surface area contributed by atoms with Gasteiger partial charge in [-0.15, -0.1) is 0 Å². The lowest BCUT2D eigenvalue weighted by Crippen LogP contribution is -2.33. The van der Waals surface area contributed by atoms with Crippen LogP contribution in [0.5, 0.6) is 0 Å². The maximum Gasteiger partial charge on any atom is 0.258 e. The van der Waals surface area contributed by atoms with Crippen LogP contribution in [0.15, 0.2) is 37.1 Å². The zero-order valence-electron chi connectivity index (χ0n) is 15.6. The van der Waals surface area contributed by atoms with Crippen molar-refractivity contribution >= 4 is 11.6 Å². The van der Waals surface area contributed by atoms with Gasteiger partial charge in [0.1, 0.15) is 5.56 Å². The average Bonchev–Trinajstić information content (AvgIpc) is 3.13. The van der Waals surface area contributed by atoms with E-state index >= 15 is 0 Å². The molecule has 0 radical (unpaired) electrons. The lowest BCUT2D eigenvalue weighted by Gasteiger charge is -2.31. The molecular formula is C19H23N7O. The van der Waals surface area contributed by atoms with Crippen LogP contribution in [0, 0.1) is 0 Å². The summed E-state index contributed by atoms with van der Waals surface area (Å²) in [5.74, 6) is 0.323. The number of carbonyl (C=O) groups excluding carboxylic acids is 1. The molecule has 1 amide bonds. The van der Waals surface area contributed by atoms with Gasteiger partial charge in [0.25, 0.3) is 5.91 Å². The maximum absolute atomic E-state index is 12.3. The Morgan fingerprint density at radius 2 is 1.96 bits per heavy atom. The number of rotatable bonds is 4. The van der Waals surface area contributed by atoms with Gasteiger partial charge in [0, 0.05) is 57.0 Å². The predicted octanol–water partition coefficient (Wildman–Crippen LogP) is 1.60. The summed E-state index contributed by atoms with van der Waals surface area (Å²) in [5, 5.41) is 4.46. The van der Waals surface area contributed by atoms with Crippen LogP contribution in [0.1, 0.15) is 40.5 Å². The van der Waals surface area contributed by atoms with E-state index in [0.717, 1.165) is 43.9 Å². The first-order valence-corrected chi connectivity index (χ1v) is 9.15. The van der Waals surface area contributed by atoms with Crippen LogP contribution in [-0.2, 0) is 6.54 Å². The van der Waals surface area contributed by atoms with Crippen LogP contribution in [0.2, 0.25) is 0 Å². The Labute approximate surface area is 157 Å². The fourth-order valence-corrected chi connectivity index (χ4v) is 3.64. The molecule has 1 aliphatic rings. The molecule has 3 aromatic rings. The summed E-state index contributed by atoms with van der Waals surface area (Å²) in [6, 6.07) is 2.02. The molecule has 0 aliphatic carbocycles. The summed E-state index contributed by atoms with van der Waals surface area (Å²) in [7, 11) is 3.48. The summed E-state index contributed by atoms with van der Waals surface area (Å²) in [6.45, 7) is 2.82. The van der Waals surface area contributed by atoms with E-state index in [1.54, 1.807) is 43.8 Å². The highest BCUT2D eigenvalue weighted by molar-refractivity contribution is 5.99. The van der Waals surface area contributed by atoms with E-state index in [2.05, 4.69) is 25.0 Å². The van der Waals surface area contributed by atoms with Gasteiger partial charge in [-0.3, -0.25) is 19.7 Å². The molecule has 1 aliphatic heterocycles. The minimum Gasteiger partial charge on any atom is -0.345 e. The number of amides is 1. The Bertz CT molecular complexity index is 930. The fourth-order valence-electron chi connectivity index (χ4n) is 3.64. The van der Waals surface area contributed by atoms with Gasteiger partial charge in [-0.25, -0.2) is 9.50 Å². The number of hydrogen-bond acceptors (Lipinski definition) is 6. The maximum atomic E-state index is 12.3. The zero-order chi connectivity index (χ0) is 18.8. The van der Waals surface area contributed by atoms with Crippen molar-refractivity contribution in [3.8, 4) is 0 Å². The lowest BCUT2D eigenvalue weighted by atomic mass is 9.93. The second kappa shape index (κ2) is 7.40. The number of nitrogens with zero attached hydrogens (tertiary/aromatic N) is 7. The topological polar surface area (TPSA) is 79.5 Å². The van der Waals surface area contributed by atoms with Gasteiger partial charge in [0.15, 0.2) is 5.65 Å². The first-order valence-electron chi connectivity index (χ1n) is 9.15.